The second kappa shape index (κ2) is 9.42. The molecule has 1 unspecified atom stereocenters. The standard InChI is InChI=1S/C22H30N4O/c1-25(2)17-20-9-7-6-8-19(20)15-24-22(27)23-14-18-12-13-26(16-18)21-10-4-3-5-11-21/h3-11,18H,12-17H2,1-2H3,(H2,23,24,27). The van der Waals surface area contributed by atoms with Gasteiger partial charge in [0.15, 0.2) is 0 Å². The lowest BCUT2D eigenvalue weighted by atomic mass is 10.1. The predicted molar refractivity (Wildman–Crippen MR) is 111 cm³/mol. The van der Waals surface area contributed by atoms with Crippen LogP contribution in [-0.2, 0) is 13.1 Å². The molecule has 27 heavy (non-hydrogen) atoms. The molecule has 0 aromatic heterocycles. The Labute approximate surface area is 162 Å². The number of anilines is 1. The fraction of sp³-hybridized carbons (Fsp3) is 0.409. The Kier molecular flexibility index (Phi) is 6.71. The van der Waals surface area contributed by atoms with E-state index in [1.807, 2.05) is 18.2 Å². The van der Waals surface area contributed by atoms with Gasteiger partial charge >= 0.3 is 6.03 Å². The summed E-state index contributed by atoms with van der Waals surface area (Å²) in [4.78, 5) is 16.7. The van der Waals surface area contributed by atoms with E-state index in [0.29, 0.717) is 19.0 Å². The van der Waals surface area contributed by atoms with Crippen molar-refractivity contribution in [3.63, 3.8) is 0 Å². The van der Waals surface area contributed by atoms with Crippen molar-refractivity contribution in [3.8, 4) is 0 Å². The highest BCUT2D eigenvalue weighted by atomic mass is 16.2. The molecule has 5 nitrogen and oxygen atoms in total. The second-order valence-electron chi connectivity index (χ2n) is 7.51. The van der Waals surface area contributed by atoms with Crippen LogP contribution in [0.5, 0.6) is 0 Å². The molecule has 1 atom stereocenters. The number of nitrogens with one attached hydrogen (secondary N) is 2. The Balaban J connectivity index is 1.42. The predicted octanol–water partition coefficient (Wildman–Crippen LogP) is 3.07. The Hall–Kier alpha value is -2.53. The number of nitrogens with zero attached hydrogens (tertiary/aromatic N) is 2. The number of benzene rings is 2. The van der Waals surface area contributed by atoms with Crippen LogP contribution in [0.4, 0.5) is 10.5 Å². The van der Waals surface area contributed by atoms with E-state index in [0.717, 1.165) is 31.6 Å². The average molecular weight is 367 g/mol. The smallest absolute Gasteiger partial charge is 0.315 e. The molecule has 0 bridgehead atoms. The molecular formula is C22H30N4O. The molecule has 0 radical (unpaired) electrons. The third kappa shape index (κ3) is 5.73. The van der Waals surface area contributed by atoms with Gasteiger partial charge in [-0.2, -0.15) is 0 Å². The zero-order valence-corrected chi connectivity index (χ0v) is 16.3. The van der Waals surface area contributed by atoms with Gasteiger partial charge < -0.3 is 20.4 Å². The van der Waals surface area contributed by atoms with Gasteiger partial charge in [0.2, 0.25) is 0 Å². The summed E-state index contributed by atoms with van der Waals surface area (Å²) in [5.41, 5.74) is 3.68. The molecule has 0 spiro atoms. The van der Waals surface area contributed by atoms with Crippen molar-refractivity contribution in [2.45, 2.75) is 19.5 Å². The summed E-state index contributed by atoms with van der Waals surface area (Å²) < 4.78 is 0. The van der Waals surface area contributed by atoms with Crippen LogP contribution in [-0.4, -0.2) is 44.7 Å². The molecular weight excluding hydrogens is 336 g/mol. The Morgan fingerprint density at radius 2 is 1.74 bits per heavy atom. The van der Waals surface area contributed by atoms with Gasteiger partial charge in [0.05, 0.1) is 0 Å². The van der Waals surface area contributed by atoms with E-state index in [1.54, 1.807) is 0 Å². The zero-order valence-electron chi connectivity index (χ0n) is 16.3. The minimum absolute atomic E-state index is 0.0900. The van der Waals surface area contributed by atoms with Crippen LogP contribution in [0.25, 0.3) is 0 Å². The maximum Gasteiger partial charge on any atom is 0.315 e. The summed E-state index contributed by atoms with van der Waals surface area (Å²) in [6.45, 7) is 4.19. The van der Waals surface area contributed by atoms with E-state index in [-0.39, 0.29) is 6.03 Å². The van der Waals surface area contributed by atoms with E-state index < -0.39 is 0 Å². The fourth-order valence-electron chi connectivity index (χ4n) is 3.57. The van der Waals surface area contributed by atoms with Gasteiger partial charge in [-0.15, -0.1) is 0 Å². The molecule has 1 aliphatic heterocycles. The molecule has 2 aromatic rings. The summed E-state index contributed by atoms with van der Waals surface area (Å²) in [6, 6.07) is 18.6. The number of carbonyl (C=O) groups is 1. The van der Waals surface area contributed by atoms with Crippen LogP contribution in [0.15, 0.2) is 54.6 Å². The van der Waals surface area contributed by atoms with E-state index in [1.165, 1.54) is 11.3 Å². The van der Waals surface area contributed by atoms with Crippen LogP contribution >= 0.6 is 0 Å². The van der Waals surface area contributed by atoms with Crippen molar-refractivity contribution in [2.75, 3.05) is 38.6 Å². The highest BCUT2D eigenvalue weighted by Gasteiger charge is 2.22. The number of para-hydroxylation sites is 1. The van der Waals surface area contributed by atoms with Crippen molar-refractivity contribution in [2.24, 2.45) is 5.92 Å². The first-order valence-corrected chi connectivity index (χ1v) is 9.65. The molecule has 1 aliphatic rings. The molecule has 1 fully saturated rings. The summed E-state index contributed by atoms with van der Waals surface area (Å²) in [7, 11) is 4.11. The van der Waals surface area contributed by atoms with Crippen LogP contribution < -0.4 is 15.5 Å². The summed E-state index contributed by atoms with van der Waals surface area (Å²) in [5, 5.41) is 6.04. The van der Waals surface area contributed by atoms with Gasteiger partial charge in [-0.25, -0.2) is 4.79 Å². The van der Waals surface area contributed by atoms with Crippen molar-refractivity contribution in [1.82, 2.24) is 15.5 Å². The number of hydrogen-bond acceptors (Lipinski definition) is 3. The number of amides is 2. The normalized spacial score (nSPS) is 16.6. The molecule has 0 aliphatic carbocycles. The Morgan fingerprint density at radius 3 is 2.48 bits per heavy atom. The molecule has 2 N–H and O–H groups in total. The van der Waals surface area contributed by atoms with E-state index in [4.69, 9.17) is 0 Å². The molecule has 3 rings (SSSR count). The third-order valence-corrected chi connectivity index (χ3v) is 5.00. The maximum atomic E-state index is 12.2. The van der Waals surface area contributed by atoms with E-state index in [2.05, 4.69) is 70.9 Å². The fourth-order valence-corrected chi connectivity index (χ4v) is 3.57. The average Bonchev–Trinajstić information content (AvgIpc) is 3.15. The topological polar surface area (TPSA) is 47.6 Å². The molecule has 5 heteroatoms. The van der Waals surface area contributed by atoms with Gasteiger partial charge in [-0.3, -0.25) is 0 Å². The molecule has 1 heterocycles. The first-order valence-electron chi connectivity index (χ1n) is 9.65. The lowest BCUT2D eigenvalue weighted by molar-refractivity contribution is 0.239. The first-order chi connectivity index (χ1) is 13.1. The molecule has 0 saturated carbocycles. The Morgan fingerprint density at radius 1 is 1.04 bits per heavy atom. The molecule has 144 valence electrons. The van der Waals surface area contributed by atoms with Gasteiger partial charge in [0.25, 0.3) is 0 Å². The van der Waals surface area contributed by atoms with Crippen LogP contribution in [0.3, 0.4) is 0 Å². The van der Waals surface area contributed by atoms with Gasteiger partial charge in [-0.1, -0.05) is 42.5 Å². The Bertz CT molecular complexity index is 732. The van der Waals surface area contributed by atoms with Gasteiger partial charge in [0, 0.05) is 38.4 Å². The lowest BCUT2D eigenvalue weighted by Crippen LogP contribution is -2.38. The zero-order chi connectivity index (χ0) is 19.1. The summed E-state index contributed by atoms with van der Waals surface area (Å²) >= 11 is 0. The summed E-state index contributed by atoms with van der Waals surface area (Å²) in [5.74, 6) is 0.497. The number of rotatable bonds is 7. The van der Waals surface area contributed by atoms with Crippen molar-refractivity contribution in [1.29, 1.82) is 0 Å². The van der Waals surface area contributed by atoms with Gasteiger partial charge in [0.1, 0.15) is 0 Å². The highest BCUT2D eigenvalue weighted by molar-refractivity contribution is 5.73. The minimum atomic E-state index is -0.0900. The first kappa shape index (κ1) is 19.2. The monoisotopic (exact) mass is 366 g/mol. The lowest BCUT2D eigenvalue weighted by Gasteiger charge is -2.19. The molecule has 2 aromatic carbocycles. The highest BCUT2D eigenvalue weighted by Crippen LogP contribution is 2.22. The van der Waals surface area contributed by atoms with Crippen molar-refractivity contribution in [3.05, 3.63) is 65.7 Å². The minimum Gasteiger partial charge on any atom is -0.371 e. The maximum absolute atomic E-state index is 12.2. The molecule has 1 saturated heterocycles. The molecule has 2 amide bonds. The quantitative estimate of drug-likeness (QED) is 0.792. The van der Waals surface area contributed by atoms with Crippen LogP contribution in [0.2, 0.25) is 0 Å². The van der Waals surface area contributed by atoms with E-state index >= 15 is 0 Å². The number of hydrogen-bond donors (Lipinski definition) is 2. The third-order valence-electron chi connectivity index (χ3n) is 5.00. The second-order valence-corrected chi connectivity index (χ2v) is 7.51. The number of carbonyl (C=O) groups excluding carboxylic acids is 1. The van der Waals surface area contributed by atoms with Crippen LogP contribution in [0.1, 0.15) is 17.5 Å². The van der Waals surface area contributed by atoms with Gasteiger partial charge in [-0.05, 0) is 49.7 Å². The van der Waals surface area contributed by atoms with Crippen LogP contribution in [0, 0.1) is 5.92 Å². The number of urea groups is 1. The summed E-state index contributed by atoms with van der Waals surface area (Å²) in [6.07, 6.45) is 1.11. The van der Waals surface area contributed by atoms with E-state index in [9.17, 15) is 4.79 Å². The SMILES string of the molecule is CN(C)Cc1ccccc1CNC(=O)NCC1CCN(c2ccccc2)C1. The largest absolute Gasteiger partial charge is 0.371 e. The van der Waals surface area contributed by atoms with Crippen molar-refractivity contribution >= 4 is 11.7 Å². The van der Waals surface area contributed by atoms with Crippen molar-refractivity contribution < 1.29 is 4.79 Å².